The van der Waals surface area contributed by atoms with Crippen molar-refractivity contribution in [2.45, 2.75) is 56.7 Å². The molecule has 0 aromatic rings. The predicted molar refractivity (Wildman–Crippen MR) is 72.3 cm³/mol. The third-order valence-corrected chi connectivity index (χ3v) is 6.63. The minimum absolute atomic E-state index is 0.210. The van der Waals surface area contributed by atoms with E-state index in [0.717, 1.165) is 18.9 Å². The lowest BCUT2D eigenvalue weighted by Crippen LogP contribution is -2.46. The first-order valence-corrected chi connectivity index (χ1v) is 9.16. The van der Waals surface area contributed by atoms with Crippen molar-refractivity contribution in [2.24, 2.45) is 5.92 Å². The van der Waals surface area contributed by atoms with E-state index in [9.17, 15) is 8.42 Å². The Balaban J connectivity index is 1.58. The molecule has 1 aliphatic carbocycles. The molecule has 104 valence electrons. The number of nitrogens with one attached hydrogen (secondary N) is 2. The van der Waals surface area contributed by atoms with Crippen molar-refractivity contribution in [1.29, 1.82) is 0 Å². The van der Waals surface area contributed by atoms with E-state index in [-0.39, 0.29) is 6.04 Å². The van der Waals surface area contributed by atoms with Crippen molar-refractivity contribution in [2.75, 3.05) is 18.1 Å². The van der Waals surface area contributed by atoms with Crippen molar-refractivity contribution in [3.05, 3.63) is 0 Å². The second-order valence-electron chi connectivity index (χ2n) is 6.17. The molecule has 0 radical (unpaired) electrons. The Morgan fingerprint density at radius 3 is 2.61 bits per heavy atom. The van der Waals surface area contributed by atoms with Gasteiger partial charge in [-0.25, -0.2) is 8.42 Å². The summed E-state index contributed by atoms with van der Waals surface area (Å²) in [6, 6.07) is 1.42. The van der Waals surface area contributed by atoms with Crippen molar-refractivity contribution >= 4 is 9.84 Å². The summed E-state index contributed by atoms with van der Waals surface area (Å²) < 4.78 is 23.0. The van der Waals surface area contributed by atoms with Crippen molar-refractivity contribution in [1.82, 2.24) is 10.6 Å². The van der Waals surface area contributed by atoms with Gasteiger partial charge in [-0.3, -0.25) is 0 Å². The molecule has 2 aliphatic heterocycles. The normalized spacial score (nSPS) is 43.6. The number of sulfone groups is 1. The third kappa shape index (κ3) is 2.73. The number of hydrogen-bond donors (Lipinski definition) is 2. The predicted octanol–water partition coefficient (Wildman–Crippen LogP) is 0.684. The number of rotatable bonds is 3. The highest BCUT2D eigenvalue weighted by Gasteiger charge is 2.37. The Kier molecular flexibility index (Phi) is 3.65. The van der Waals surface area contributed by atoms with E-state index in [4.69, 9.17) is 0 Å². The summed E-state index contributed by atoms with van der Waals surface area (Å²) in [5.74, 6) is 1.45. The van der Waals surface area contributed by atoms with E-state index < -0.39 is 9.84 Å². The summed E-state index contributed by atoms with van der Waals surface area (Å²) in [6.45, 7) is 1.16. The minimum Gasteiger partial charge on any atom is -0.314 e. The molecule has 0 amide bonds. The van der Waals surface area contributed by atoms with Crippen LogP contribution in [0.15, 0.2) is 0 Å². The highest BCUT2D eigenvalue weighted by Crippen LogP contribution is 2.32. The molecular weight excluding hydrogens is 248 g/mol. The summed E-state index contributed by atoms with van der Waals surface area (Å²) >= 11 is 0. The number of hydrogen-bond acceptors (Lipinski definition) is 4. The fourth-order valence-electron chi connectivity index (χ4n) is 3.98. The second kappa shape index (κ2) is 5.10. The molecule has 18 heavy (non-hydrogen) atoms. The largest absolute Gasteiger partial charge is 0.314 e. The van der Waals surface area contributed by atoms with Gasteiger partial charge in [-0.15, -0.1) is 0 Å². The van der Waals surface area contributed by atoms with Crippen molar-refractivity contribution in [3.63, 3.8) is 0 Å². The van der Waals surface area contributed by atoms with Gasteiger partial charge >= 0.3 is 0 Å². The molecular formula is C13H24N2O2S. The minimum atomic E-state index is -2.75. The van der Waals surface area contributed by atoms with Gasteiger partial charge in [0, 0.05) is 18.1 Å². The lowest BCUT2D eigenvalue weighted by atomic mass is 9.92. The van der Waals surface area contributed by atoms with Crippen LogP contribution in [0.5, 0.6) is 0 Å². The molecule has 0 aromatic heterocycles. The summed E-state index contributed by atoms with van der Waals surface area (Å²) in [5.41, 5.74) is 0. The fraction of sp³-hybridized carbons (Fsp3) is 1.00. The topological polar surface area (TPSA) is 58.2 Å². The van der Waals surface area contributed by atoms with E-state index in [0.29, 0.717) is 23.6 Å². The van der Waals surface area contributed by atoms with Crippen LogP contribution in [0.3, 0.4) is 0 Å². The lowest BCUT2D eigenvalue weighted by Gasteiger charge is -2.28. The summed E-state index contributed by atoms with van der Waals surface area (Å²) in [6.07, 6.45) is 7.22. The average Bonchev–Trinajstić information content (AvgIpc) is 2.99. The van der Waals surface area contributed by atoms with E-state index in [1.807, 2.05) is 0 Å². The SMILES string of the molecule is O=S1(=O)CCC(NC2CCCC2C2CCCN2)C1. The lowest BCUT2D eigenvalue weighted by molar-refractivity contribution is 0.303. The standard InChI is InChI=1S/C13H24N2O2S/c16-18(17)8-6-10(9-18)15-13-4-1-3-11(13)12-5-2-7-14-12/h10-15H,1-9H2. The Bertz CT molecular complexity index is 390. The molecule has 2 heterocycles. The van der Waals surface area contributed by atoms with Crippen LogP contribution in [-0.2, 0) is 9.84 Å². The smallest absolute Gasteiger partial charge is 0.151 e. The van der Waals surface area contributed by atoms with E-state index in [1.54, 1.807) is 0 Å². The van der Waals surface area contributed by atoms with Crippen LogP contribution in [0, 0.1) is 5.92 Å². The van der Waals surface area contributed by atoms with Gasteiger partial charge in [0.25, 0.3) is 0 Å². The fourth-order valence-corrected chi connectivity index (χ4v) is 5.67. The van der Waals surface area contributed by atoms with E-state index in [2.05, 4.69) is 10.6 Å². The highest BCUT2D eigenvalue weighted by molar-refractivity contribution is 7.91. The zero-order valence-electron chi connectivity index (χ0n) is 10.9. The van der Waals surface area contributed by atoms with Crippen LogP contribution in [0.1, 0.15) is 38.5 Å². The van der Waals surface area contributed by atoms with Gasteiger partial charge in [0.2, 0.25) is 0 Å². The monoisotopic (exact) mass is 272 g/mol. The van der Waals surface area contributed by atoms with E-state index in [1.165, 1.54) is 32.1 Å². The molecule has 4 unspecified atom stereocenters. The van der Waals surface area contributed by atoms with Crippen LogP contribution >= 0.6 is 0 Å². The molecule has 3 aliphatic rings. The molecule has 2 N–H and O–H groups in total. The van der Waals surface area contributed by atoms with Gasteiger partial charge in [-0.1, -0.05) is 6.42 Å². The molecule has 3 rings (SSSR count). The Hall–Kier alpha value is -0.130. The Labute approximate surface area is 110 Å². The second-order valence-corrected chi connectivity index (χ2v) is 8.40. The maximum atomic E-state index is 11.5. The van der Waals surface area contributed by atoms with Crippen molar-refractivity contribution < 1.29 is 8.42 Å². The van der Waals surface area contributed by atoms with Crippen LogP contribution in [0.25, 0.3) is 0 Å². The maximum absolute atomic E-state index is 11.5. The first-order valence-electron chi connectivity index (χ1n) is 7.34. The van der Waals surface area contributed by atoms with Crippen LogP contribution in [0.4, 0.5) is 0 Å². The maximum Gasteiger partial charge on any atom is 0.151 e. The molecule has 4 nitrogen and oxygen atoms in total. The quantitative estimate of drug-likeness (QED) is 0.793. The average molecular weight is 272 g/mol. The molecule has 0 spiro atoms. The summed E-state index contributed by atoms with van der Waals surface area (Å²) in [5, 5.41) is 7.25. The third-order valence-electron chi connectivity index (χ3n) is 4.87. The molecule has 0 bridgehead atoms. The first kappa shape index (κ1) is 12.9. The van der Waals surface area contributed by atoms with Gasteiger partial charge in [0.05, 0.1) is 11.5 Å². The summed E-state index contributed by atoms with van der Waals surface area (Å²) in [7, 11) is -2.75. The van der Waals surface area contributed by atoms with Gasteiger partial charge in [-0.05, 0) is 44.6 Å². The molecule has 4 atom stereocenters. The molecule has 3 fully saturated rings. The highest BCUT2D eigenvalue weighted by atomic mass is 32.2. The van der Waals surface area contributed by atoms with Crippen LogP contribution < -0.4 is 10.6 Å². The molecule has 1 saturated carbocycles. The summed E-state index contributed by atoms with van der Waals surface area (Å²) in [4.78, 5) is 0. The van der Waals surface area contributed by atoms with Gasteiger partial charge in [0.1, 0.15) is 0 Å². The van der Waals surface area contributed by atoms with Crippen LogP contribution in [0.2, 0.25) is 0 Å². The molecule has 5 heteroatoms. The van der Waals surface area contributed by atoms with Crippen molar-refractivity contribution in [3.8, 4) is 0 Å². The Morgan fingerprint density at radius 1 is 1.06 bits per heavy atom. The first-order chi connectivity index (χ1) is 8.64. The van der Waals surface area contributed by atoms with Gasteiger partial charge < -0.3 is 10.6 Å². The molecule has 0 aromatic carbocycles. The zero-order valence-corrected chi connectivity index (χ0v) is 11.7. The zero-order chi connectivity index (χ0) is 12.6. The van der Waals surface area contributed by atoms with Gasteiger partial charge in [-0.2, -0.15) is 0 Å². The van der Waals surface area contributed by atoms with E-state index >= 15 is 0 Å². The molecule has 2 saturated heterocycles. The Morgan fingerprint density at radius 2 is 1.94 bits per heavy atom. The van der Waals surface area contributed by atoms with Gasteiger partial charge in [0.15, 0.2) is 9.84 Å². The van der Waals surface area contributed by atoms with Crippen LogP contribution in [-0.4, -0.2) is 44.6 Å².